The van der Waals surface area contributed by atoms with Crippen molar-refractivity contribution in [2.24, 2.45) is 0 Å². The molecule has 2 heterocycles. The van der Waals surface area contributed by atoms with Crippen LogP contribution in [0.3, 0.4) is 0 Å². The van der Waals surface area contributed by atoms with Crippen molar-refractivity contribution in [3.8, 4) is 11.4 Å². The third-order valence-electron chi connectivity index (χ3n) is 10.2. The third-order valence-corrected chi connectivity index (χ3v) is 10.7. The largest absolute Gasteiger partial charge is 0.416 e. The van der Waals surface area contributed by atoms with Crippen molar-refractivity contribution in [2.75, 3.05) is 0 Å². The highest BCUT2D eigenvalue weighted by Gasteiger charge is 2.32. The zero-order chi connectivity index (χ0) is 46.6. The lowest BCUT2D eigenvalue weighted by atomic mass is 9.98. The lowest BCUT2D eigenvalue weighted by Gasteiger charge is -2.20. The summed E-state index contributed by atoms with van der Waals surface area (Å²) in [5, 5.41) is 15.4. The molecule has 2 aromatic heterocycles. The predicted octanol–water partition coefficient (Wildman–Crippen LogP) is 12.4. The van der Waals surface area contributed by atoms with Crippen LogP contribution in [0.4, 0.5) is 26.3 Å². The van der Waals surface area contributed by atoms with Gasteiger partial charge >= 0.3 is 12.4 Å². The van der Waals surface area contributed by atoms with E-state index in [1.165, 1.54) is 30.6 Å². The van der Waals surface area contributed by atoms with Crippen LogP contribution in [0.5, 0.6) is 0 Å². The van der Waals surface area contributed by atoms with Crippen LogP contribution in [0.1, 0.15) is 105 Å². The summed E-state index contributed by atoms with van der Waals surface area (Å²) in [6, 6.07) is 22.6. The molecule has 0 aliphatic rings. The molecule has 9 nitrogen and oxygen atoms in total. The van der Waals surface area contributed by atoms with Gasteiger partial charge in [0.05, 0.1) is 69.5 Å². The molecular weight excluding hydrogens is 881 g/mol. The second-order valence-electron chi connectivity index (χ2n) is 14.7. The Hall–Kier alpha value is -6.19. The Bertz CT molecular complexity index is 2360. The van der Waals surface area contributed by atoms with E-state index in [1.54, 1.807) is 83.9 Å². The number of nitrogens with zero attached hydrogens (tertiary/aromatic N) is 4. The quantitative estimate of drug-likeness (QED) is 0.0435. The number of hydrogen-bond acceptors (Lipinski definition) is 5. The highest BCUT2D eigenvalue weighted by molar-refractivity contribution is 6.30. The van der Waals surface area contributed by atoms with Crippen molar-refractivity contribution in [1.82, 2.24) is 30.2 Å². The number of rotatable bonds is 16. The molecule has 2 amide bonds. The van der Waals surface area contributed by atoms with Crippen molar-refractivity contribution in [3.63, 3.8) is 0 Å². The molecule has 336 valence electrons. The Kier molecular flexibility index (Phi) is 16.7. The zero-order valence-electron chi connectivity index (χ0n) is 34.7. The van der Waals surface area contributed by atoms with Crippen molar-refractivity contribution in [1.29, 1.82) is 0 Å². The minimum absolute atomic E-state index is 0.249. The predicted molar refractivity (Wildman–Crippen MR) is 234 cm³/mol. The Morgan fingerprint density at radius 3 is 1.41 bits per heavy atom. The molecule has 0 radical (unpaired) electrons. The summed E-state index contributed by atoms with van der Waals surface area (Å²) in [7, 11) is 0. The SMILES string of the molecule is C=CCCC[C@H](NC(=O)c1cnn(-c2ccc(Cl)cc2)c1C)c1cccc(C(F)(F)F)c1.Cc1c(C(=O)N[C@@H](CCCC=O)c2cccc(C(F)(F)F)c2)cnn1-c1ccc(Cl)cc1. The van der Waals surface area contributed by atoms with Crippen LogP contribution in [0.15, 0.2) is 122 Å². The number of carbonyl (C=O) groups excluding carboxylic acids is 3. The molecule has 2 N–H and O–H groups in total. The van der Waals surface area contributed by atoms with E-state index in [2.05, 4.69) is 27.4 Å². The smallest absolute Gasteiger partial charge is 0.345 e. The number of aromatic nitrogens is 4. The van der Waals surface area contributed by atoms with E-state index in [0.717, 1.165) is 36.2 Å². The van der Waals surface area contributed by atoms with E-state index in [0.29, 0.717) is 81.5 Å². The topological polar surface area (TPSA) is 111 Å². The number of alkyl halides is 6. The average molecular weight is 926 g/mol. The number of allylic oxidation sites excluding steroid dienone is 1. The summed E-state index contributed by atoms with van der Waals surface area (Å²) in [4.78, 5) is 36.7. The summed E-state index contributed by atoms with van der Waals surface area (Å²) in [6.45, 7) is 7.16. The fourth-order valence-corrected chi connectivity index (χ4v) is 7.05. The van der Waals surface area contributed by atoms with E-state index in [4.69, 9.17) is 23.2 Å². The van der Waals surface area contributed by atoms with Gasteiger partial charge in [-0.25, -0.2) is 9.36 Å². The van der Waals surface area contributed by atoms with Crippen molar-refractivity contribution < 1.29 is 40.7 Å². The van der Waals surface area contributed by atoms with E-state index in [-0.39, 0.29) is 6.42 Å². The van der Waals surface area contributed by atoms with E-state index in [1.807, 2.05) is 0 Å². The van der Waals surface area contributed by atoms with Gasteiger partial charge in [-0.2, -0.15) is 36.5 Å². The number of hydrogen-bond donors (Lipinski definition) is 2. The van der Waals surface area contributed by atoms with Crippen LogP contribution in [-0.2, 0) is 17.1 Å². The molecule has 0 fully saturated rings. The van der Waals surface area contributed by atoms with Gasteiger partial charge in [0, 0.05) is 16.5 Å². The summed E-state index contributed by atoms with van der Waals surface area (Å²) in [5.41, 5.74) is 2.47. The standard InChI is InChI=1S/C24H23ClF3N3O.C23H21ClF3N3O2/c1-3-4-5-9-22(17-7-6-8-18(14-17)24(26,27)28)30-23(32)21-15-29-31(16(21)2)20-12-10-19(25)11-13-20;1-15-20(14-28-30(15)19-10-8-18(24)9-11-19)22(32)29-21(7-2-3-12-31)16-5-4-6-17(13-16)23(25,26)27/h3,6-8,10-15,22H,1,4-5,9H2,2H3,(H,30,32);4-6,8-14,21H,2-3,7H2,1H3,(H,29,32)/t22-;21-/m00/s1. The second kappa shape index (κ2) is 21.9. The number of benzene rings is 4. The lowest BCUT2D eigenvalue weighted by Crippen LogP contribution is -2.29. The number of carbonyl (C=O) groups is 3. The first-order valence-electron chi connectivity index (χ1n) is 20.0. The van der Waals surface area contributed by atoms with Gasteiger partial charge in [0.25, 0.3) is 11.8 Å². The molecule has 6 rings (SSSR count). The zero-order valence-corrected chi connectivity index (χ0v) is 36.2. The second-order valence-corrected chi connectivity index (χ2v) is 15.6. The summed E-state index contributed by atoms with van der Waals surface area (Å²) < 4.78 is 82.2. The first-order chi connectivity index (χ1) is 30.4. The fraction of sp³-hybridized carbons (Fsp3) is 0.255. The molecular formula is C47H44Cl2F6N6O3. The Morgan fingerprint density at radius 2 is 1.05 bits per heavy atom. The van der Waals surface area contributed by atoms with Gasteiger partial charge in [-0.1, -0.05) is 53.5 Å². The first kappa shape index (κ1) is 48.8. The minimum atomic E-state index is -4.50. The van der Waals surface area contributed by atoms with Crippen molar-refractivity contribution in [3.05, 3.63) is 177 Å². The first-order valence-corrected chi connectivity index (χ1v) is 20.8. The van der Waals surface area contributed by atoms with Gasteiger partial charge in [-0.05, 0) is 130 Å². The van der Waals surface area contributed by atoms with Crippen LogP contribution in [0.25, 0.3) is 11.4 Å². The molecule has 0 saturated heterocycles. The van der Waals surface area contributed by atoms with Gasteiger partial charge in [0.2, 0.25) is 0 Å². The van der Waals surface area contributed by atoms with Gasteiger partial charge in [-0.3, -0.25) is 9.59 Å². The fourth-order valence-electron chi connectivity index (χ4n) is 6.80. The Morgan fingerprint density at radius 1 is 0.656 bits per heavy atom. The van der Waals surface area contributed by atoms with Gasteiger partial charge < -0.3 is 15.4 Å². The van der Waals surface area contributed by atoms with E-state index >= 15 is 0 Å². The van der Waals surface area contributed by atoms with Crippen LogP contribution < -0.4 is 10.6 Å². The van der Waals surface area contributed by atoms with Gasteiger partial charge in [-0.15, -0.1) is 6.58 Å². The van der Waals surface area contributed by atoms with Crippen molar-refractivity contribution in [2.45, 2.75) is 76.8 Å². The van der Waals surface area contributed by atoms with Crippen LogP contribution in [0, 0.1) is 13.8 Å². The molecule has 0 saturated carbocycles. The molecule has 4 aromatic carbocycles. The van der Waals surface area contributed by atoms with Gasteiger partial charge in [0.1, 0.15) is 6.29 Å². The van der Waals surface area contributed by atoms with Crippen LogP contribution in [-0.4, -0.2) is 37.7 Å². The molecule has 2 atom stereocenters. The molecule has 0 aliphatic heterocycles. The minimum Gasteiger partial charge on any atom is -0.345 e. The third kappa shape index (κ3) is 12.9. The molecule has 0 aliphatic carbocycles. The molecule has 0 unspecified atom stereocenters. The summed E-state index contributed by atoms with van der Waals surface area (Å²) >= 11 is 11.8. The number of nitrogens with one attached hydrogen (secondary N) is 2. The van der Waals surface area contributed by atoms with Crippen LogP contribution >= 0.6 is 23.2 Å². The normalized spacial score (nSPS) is 12.4. The molecule has 64 heavy (non-hydrogen) atoms. The monoisotopic (exact) mass is 924 g/mol. The van der Waals surface area contributed by atoms with Crippen LogP contribution in [0.2, 0.25) is 10.0 Å². The highest BCUT2D eigenvalue weighted by Crippen LogP contribution is 2.33. The Labute approximate surface area is 376 Å². The number of amides is 2. The number of aldehydes is 1. The molecule has 6 aromatic rings. The van der Waals surface area contributed by atoms with E-state index < -0.39 is 47.4 Å². The highest BCUT2D eigenvalue weighted by atomic mass is 35.5. The average Bonchev–Trinajstić information content (AvgIpc) is 3.85. The maximum Gasteiger partial charge on any atom is 0.416 e. The van der Waals surface area contributed by atoms with Crippen molar-refractivity contribution >= 4 is 41.3 Å². The van der Waals surface area contributed by atoms with E-state index in [9.17, 15) is 40.7 Å². The lowest BCUT2D eigenvalue weighted by molar-refractivity contribution is -0.138. The molecule has 0 spiro atoms. The Balaban J connectivity index is 0.000000241. The van der Waals surface area contributed by atoms with Gasteiger partial charge in [0.15, 0.2) is 0 Å². The molecule has 17 heteroatoms. The maximum atomic E-state index is 13.2. The summed E-state index contributed by atoms with van der Waals surface area (Å²) in [5.74, 6) is -0.861. The molecule has 0 bridgehead atoms. The summed E-state index contributed by atoms with van der Waals surface area (Å²) in [6.07, 6.45) is -0.777. The number of halogens is 8. The number of unbranched alkanes of at least 4 members (excludes halogenated alkanes) is 2. The maximum absolute atomic E-state index is 13.2.